The van der Waals surface area contributed by atoms with Gasteiger partial charge in [-0.25, -0.2) is 0 Å². The second-order valence-electron chi connectivity index (χ2n) is 6.43. The van der Waals surface area contributed by atoms with Gasteiger partial charge in [0.15, 0.2) is 0 Å². The zero-order chi connectivity index (χ0) is 18.0. The molecule has 0 radical (unpaired) electrons. The monoisotopic (exact) mass is 339 g/mol. The Morgan fingerprint density at radius 3 is 2.32 bits per heavy atom. The number of para-hydroxylation sites is 1. The number of aryl methyl sites for hydroxylation is 2. The van der Waals surface area contributed by atoms with Crippen LogP contribution in [0.1, 0.15) is 23.1 Å². The standard InChI is InChI=1S/C19H21N3O3/c1-14-4-3-5-15(2)19(14)21-13-20(11-10-18(21)23)12-16-6-8-17(9-7-16)22(24)25/h3-9H,10-13H2,1-2H3. The molecule has 1 amide bonds. The lowest BCUT2D eigenvalue weighted by atomic mass is 10.1. The summed E-state index contributed by atoms with van der Waals surface area (Å²) >= 11 is 0. The highest BCUT2D eigenvalue weighted by Crippen LogP contribution is 2.27. The van der Waals surface area contributed by atoms with Gasteiger partial charge in [0, 0.05) is 31.6 Å². The lowest BCUT2D eigenvalue weighted by Crippen LogP contribution is -2.48. The second kappa shape index (κ2) is 7.03. The van der Waals surface area contributed by atoms with Gasteiger partial charge in [0.25, 0.3) is 5.69 Å². The number of carbonyl (C=O) groups is 1. The number of benzene rings is 2. The molecule has 1 heterocycles. The summed E-state index contributed by atoms with van der Waals surface area (Å²) in [5, 5.41) is 10.8. The number of hydrogen-bond acceptors (Lipinski definition) is 4. The van der Waals surface area contributed by atoms with E-state index in [2.05, 4.69) is 4.90 Å². The Kier molecular flexibility index (Phi) is 4.81. The zero-order valence-corrected chi connectivity index (χ0v) is 14.4. The van der Waals surface area contributed by atoms with Crippen molar-refractivity contribution in [2.24, 2.45) is 0 Å². The van der Waals surface area contributed by atoms with Gasteiger partial charge >= 0.3 is 0 Å². The summed E-state index contributed by atoms with van der Waals surface area (Å²) in [5.74, 6) is 0.136. The van der Waals surface area contributed by atoms with Crippen LogP contribution in [0, 0.1) is 24.0 Å². The third-order valence-electron chi connectivity index (χ3n) is 4.55. The predicted molar refractivity (Wildman–Crippen MR) is 96.4 cm³/mol. The largest absolute Gasteiger partial charge is 0.298 e. The van der Waals surface area contributed by atoms with Gasteiger partial charge < -0.3 is 0 Å². The van der Waals surface area contributed by atoms with Crippen molar-refractivity contribution in [1.29, 1.82) is 0 Å². The molecule has 0 N–H and O–H groups in total. The Hall–Kier alpha value is -2.73. The molecule has 0 aliphatic carbocycles. The molecule has 1 aliphatic rings. The molecule has 0 spiro atoms. The minimum Gasteiger partial charge on any atom is -0.298 e. The molecule has 0 aromatic heterocycles. The molecule has 0 atom stereocenters. The number of non-ortho nitro benzene ring substituents is 1. The van der Waals surface area contributed by atoms with Crippen molar-refractivity contribution in [2.75, 3.05) is 18.1 Å². The molecule has 2 aromatic rings. The Balaban J connectivity index is 1.76. The fraction of sp³-hybridized carbons (Fsp3) is 0.316. The van der Waals surface area contributed by atoms with Crippen molar-refractivity contribution in [3.63, 3.8) is 0 Å². The van der Waals surface area contributed by atoms with Crippen LogP contribution in [0.4, 0.5) is 11.4 Å². The van der Waals surface area contributed by atoms with Gasteiger partial charge in [-0.1, -0.05) is 30.3 Å². The van der Waals surface area contributed by atoms with E-state index in [1.165, 1.54) is 12.1 Å². The molecule has 1 aliphatic heterocycles. The molecule has 0 saturated carbocycles. The number of rotatable bonds is 4. The minimum atomic E-state index is -0.397. The number of hydrogen-bond donors (Lipinski definition) is 0. The maximum absolute atomic E-state index is 12.4. The quantitative estimate of drug-likeness (QED) is 0.632. The molecule has 6 heteroatoms. The summed E-state index contributed by atoms with van der Waals surface area (Å²) in [5.41, 5.74) is 4.26. The number of carbonyl (C=O) groups excluding carboxylic acids is 1. The number of nitro benzene ring substituents is 1. The van der Waals surface area contributed by atoms with Gasteiger partial charge in [0.1, 0.15) is 0 Å². The zero-order valence-electron chi connectivity index (χ0n) is 14.4. The molecule has 130 valence electrons. The van der Waals surface area contributed by atoms with Crippen molar-refractivity contribution in [2.45, 2.75) is 26.8 Å². The van der Waals surface area contributed by atoms with Crippen molar-refractivity contribution >= 4 is 17.3 Å². The highest BCUT2D eigenvalue weighted by atomic mass is 16.6. The Morgan fingerprint density at radius 1 is 1.08 bits per heavy atom. The molecular weight excluding hydrogens is 318 g/mol. The van der Waals surface area contributed by atoms with E-state index in [1.807, 2.05) is 36.9 Å². The Labute approximate surface area is 146 Å². The molecule has 1 saturated heterocycles. The summed E-state index contributed by atoms with van der Waals surface area (Å²) in [4.78, 5) is 26.8. The van der Waals surface area contributed by atoms with Gasteiger partial charge in [-0.2, -0.15) is 0 Å². The predicted octanol–water partition coefficient (Wildman–Crippen LogP) is 3.41. The Morgan fingerprint density at radius 2 is 1.72 bits per heavy atom. The van der Waals surface area contributed by atoms with Crippen molar-refractivity contribution in [3.8, 4) is 0 Å². The Bertz CT molecular complexity index is 782. The highest BCUT2D eigenvalue weighted by molar-refractivity contribution is 5.95. The summed E-state index contributed by atoms with van der Waals surface area (Å²) in [6.07, 6.45) is 0.473. The van der Waals surface area contributed by atoms with Crippen LogP contribution in [-0.2, 0) is 11.3 Å². The van der Waals surface area contributed by atoms with Gasteiger partial charge in [-0.05, 0) is 30.5 Å². The molecule has 2 aromatic carbocycles. The van der Waals surface area contributed by atoms with Crippen molar-refractivity contribution in [3.05, 3.63) is 69.3 Å². The van der Waals surface area contributed by atoms with E-state index in [1.54, 1.807) is 12.1 Å². The fourth-order valence-corrected chi connectivity index (χ4v) is 3.28. The molecule has 1 fully saturated rings. The van der Waals surface area contributed by atoms with Crippen LogP contribution in [0.2, 0.25) is 0 Å². The highest BCUT2D eigenvalue weighted by Gasteiger charge is 2.27. The number of anilines is 1. The fourth-order valence-electron chi connectivity index (χ4n) is 3.28. The van der Waals surface area contributed by atoms with E-state index in [9.17, 15) is 14.9 Å². The van der Waals surface area contributed by atoms with Crippen LogP contribution in [0.5, 0.6) is 0 Å². The lowest BCUT2D eigenvalue weighted by Gasteiger charge is -2.37. The average Bonchev–Trinajstić information content (AvgIpc) is 2.58. The third-order valence-corrected chi connectivity index (χ3v) is 4.55. The van der Waals surface area contributed by atoms with E-state index < -0.39 is 4.92 Å². The normalized spacial score (nSPS) is 15.4. The van der Waals surface area contributed by atoms with E-state index in [4.69, 9.17) is 0 Å². The summed E-state index contributed by atoms with van der Waals surface area (Å²) in [6, 6.07) is 12.6. The maximum atomic E-state index is 12.4. The lowest BCUT2D eigenvalue weighted by molar-refractivity contribution is -0.384. The van der Waals surface area contributed by atoms with Crippen LogP contribution in [-0.4, -0.2) is 28.9 Å². The SMILES string of the molecule is Cc1cccc(C)c1N1CN(Cc2ccc([N+](=O)[O-])cc2)CCC1=O. The van der Waals surface area contributed by atoms with E-state index in [0.717, 1.165) is 22.4 Å². The number of nitro groups is 1. The summed E-state index contributed by atoms with van der Waals surface area (Å²) < 4.78 is 0. The first kappa shape index (κ1) is 17.1. The first-order valence-corrected chi connectivity index (χ1v) is 8.28. The number of nitrogens with zero attached hydrogens (tertiary/aromatic N) is 3. The summed E-state index contributed by atoms with van der Waals surface area (Å²) in [6.45, 7) is 5.92. The van der Waals surface area contributed by atoms with Gasteiger partial charge in [0.05, 0.1) is 17.3 Å². The van der Waals surface area contributed by atoms with Crippen LogP contribution in [0.3, 0.4) is 0 Å². The summed E-state index contributed by atoms with van der Waals surface area (Å²) in [7, 11) is 0. The van der Waals surface area contributed by atoms with Gasteiger partial charge in [0.2, 0.25) is 5.91 Å². The van der Waals surface area contributed by atoms with Crippen molar-refractivity contribution < 1.29 is 9.72 Å². The molecule has 0 unspecified atom stereocenters. The average molecular weight is 339 g/mol. The van der Waals surface area contributed by atoms with Crippen LogP contribution < -0.4 is 4.90 Å². The molecular formula is C19H21N3O3. The van der Waals surface area contributed by atoms with E-state index in [-0.39, 0.29) is 11.6 Å². The second-order valence-corrected chi connectivity index (χ2v) is 6.43. The van der Waals surface area contributed by atoms with E-state index >= 15 is 0 Å². The van der Waals surface area contributed by atoms with Gasteiger partial charge in [-0.3, -0.25) is 24.7 Å². The smallest absolute Gasteiger partial charge is 0.269 e. The van der Waals surface area contributed by atoms with Crippen LogP contribution in [0.15, 0.2) is 42.5 Å². The first-order chi connectivity index (χ1) is 12.0. The first-order valence-electron chi connectivity index (χ1n) is 8.28. The van der Waals surface area contributed by atoms with Crippen LogP contribution >= 0.6 is 0 Å². The van der Waals surface area contributed by atoms with E-state index in [0.29, 0.717) is 26.2 Å². The van der Waals surface area contributed by atoms with Crippen molar-refractivity contribution in [1.82, 2.24) is 4.90 Å². The molecule has 6 nitrogen and oxygen atoms in total. The number of amides is 1. The third kappa shape index (κ3) is 3.69. The van der Waals surface area contributed by atoms with Gasteiger partial charge in [-0.15, -0.1) is 0 Å². The molecule has 0 bridgehead atoms. The topological polar surface area (TPSA) is 66.7 Å². The molecule has 25 heavy (non-hydrogen) atoms. The minimum absolute atomic E-state index is 0.0923. The maximum Gasteiger partial charge on any atom is 0.269 e. The van der Waals surface area contributed by atoms with Crippen LogP contribution in [0.25, 0.3) is 0 Å². The molecule has 3 rings (SSSR count).